The number of halogens is 1. The van der Waals surface area contributed by atoms with E-state index < -0.39 is 4.92 Å². The van der Waals surface area contributed by atoms with E-state index in [-0.39, 0.29) is 11.6 Å². The normalized spacial score (nSPS) is 14.3. The Kier molecular flexibility index (Phi) is 7.48. The first-order valence-electron chi connectivity index (χ1n) is 10.5. The van der Waals surface area contributed by atoms with Crippen molar-refractivity contribution in [2.24, 2.45) is 0 Å². The lowest BCUT2D eigenvalue weighted by Crippen LogP contribution is -2.48. The molecule has 1 saturated heterocycles. The van der Waals surface area contributed by atoms with Gasteiger partial charge in [-0.15, -0.1) is 0 Å². The molecule has 0 saturated carbocycles. The van der Waals surface area contributed by atoms with Crippen molar-refractivity contribution in [1.29, 1.82) is 0 Å². The lowest BCUT2D eigenvalue weighted by Gasteiger charge is -2.34. The van der Waals surface area contributed by atoms with E-state index in [1.54, 1.807) is 6.07 Å². The van der Waals surface area contributed by atoms with Crippen molar-refractivity contribution >= 4 is 39.9 Å². The van der Waals surface area contributed by atoms with Crippen LogP contribution in [-0.4, -0.2) is 64.4 Å². The highest BCUT2D eigenvalue weighted by atomic mass is 35.5. The summed E-state index contributed by atoms with van der Waals surface area (Å²) in [5.74, 6) is 0.503. The minimum Gasteiger partial charge on any atom is -0.351 e. The monoisotopic (exact) mass is 486 g/mol. The van der Waals surface area contributed by atoms with Crippen LogP contribution in [0.4, 0.5) is 10.8 Å². The van der Waals surface area contributed by atoms with Crippen LogP contribution in [0.15, 0.2) is 48.5 Å². The Balaban J connectivity index is 1.21. The smallest absolute Gasteiger partial charge is 0.270 e. The van der Waals surface area contributed by atoms with E-state index >= 15 is 0 Å². The van der Waals surface area contributed by atoms with Gasteiger partial charge in [0.05, 0.1) is 4.92 Å². The SMILES string of the molecule is O=C(NCCN1CCN(c2nc(Cc3ccc(Cl)cc3)ns2)CC1)c1cccc([N+](=O)[O-])c1. The molecule has 2 aromatic carbocycles. The third-order valence-corrected chi connectivity index (χ3v) is 6.48. The van der Waals surface area contributed by atoms with Gasteiger partial charge in [0.25, 0.3) is 11.6 Å². The molecule has 4 rings (SSSR count). The molecule has 0 atom stereocenters. The van der Waals surface area contributed by atoms with Crippen LogP contribution >= 0.6 is 23.1 Å². The van der Waals surface area contributed by atoms with Gasteiger partial charge in [-0.2, -0.15) is 4.37 Å². The summed E-state index contributed by atoms with van der Waals surface area (Å²) in [6.45, 7) is 4.60. The summed E-state index contributed by atoms with van der Waals surface area (Å²) in [6, 6.07) is 13.5. The van der Waals surface area contributed by atoms with Crippen molar-refractivity contribution in [2.45, 2.75) is 6.42 Å². The van der Waals surface area contributed by atoms with Crippen molar-refractivity contribution in [1.82, 2.24) is 19.6 Å². The molecule has 9 nitrogen and oxygen atoms in total. The first-order chi connectivity index (χ1) is 16.0. The molecule has 0 unspecified atom stereocenters. The van der Waals surface area contributed by atoms with Crippen molar-refractivity contribution in [2.75, 3.05) is 44.2 Å². The second-order valence-corrected chi connectivity index (χ2v) is 8.86. The molecular weight excluding hydrogens is 464 g/mol. The van der Waals surface area contributed by atoms with Gasteiger partial charge in [-0.05, 0) is 23.8 Å². The molecule has 11 heteroatoms. The number of rotatable bonds is 8. The number of anilines is 1. The molecule has 1 aliphatic rings. The van der Waals surface area contributed by atoms with Crippen LogP contribution in [0.5, 0.6) is 0 Å². The standard InChI is InChI=1S/C22H23ClN6O3S/c23-18-6-4-16(5-7-18)14-20-25-22(33-26-20)28-12-10-27(11-13-28)9-8-24-21(30)17-2-1-3-19(15-17)29(31)32/h1-7,15H,8-14H2,(H,24,30). The number of hydrogen-bond donors (Lipinski definition) is 1. The van der Waals surface area contributed by atoms with Crippen LogP contribution in [0.25, 0.3) is 0 Å². The first kappa shape index (κ1) is 23.1. The fraction of sp³-hybridized carbons (Fsp3) is 0.318. The van der Waals surface area contributed by atoms with Crippen LogP contribution in [0.2, 0.25) is 5.02 Å². The molecule has 1 N–H and O–H groups in total. The fourth-order valence-electron chi connectivity index (χ4n) is 3.58. The van der Waals surface area contributed by atoms with Crippen molar-refractivity contribution in [3.8, 4) is 0 Å². The number of benzene rings is 2. The van der Waals surface area contributed by atoms with E-state index in [0.29, 0.717) is 30.1 Å². The molecule has 0 radical (unpaired) electrons. The zero-order valence-electron chi connectivity index (χ0n) is 17.8. The maximum absolute atomic E-state index is 12.3. The van der Waals surface area contributed by atoms with Crippen LogP contribution in [0.3, 0.4) is 0 Å². The van der Waals surface area contributed by atoms with E-state index in [0.717, 1.165) is 42.7 Å². The van der Waals surface area contributed by atoms with Crippen LogP contribution in [-0.2, 0) is 6.42 Å². The number of amides is 1. The molecule has 2 heterocycles. The number of carbonyl (C=O) groups is 1. The van der Waals surface area contributed by atoms with Gasteiger partial charge in [0.1, 0.15) is 5.82 Å². The van der Waals surface area contributed by atoms with Crippen LogP contribution in [0.1, 0.15) is 21.7 Å². The van der Waals surface area contributed by atoms with Crippen LogP contribution in [0, 0.1) is 10.1 Å². The summed E-state index contributed by atoms with van der Waals surface area (Å²) in [4.78, 5) is 31.8. The van der Waals surface area contributed by atoms with Gasteiger partial charge in [0.15, 0.2) is 0 Å². The number of carbonyl (C=O) groups excluding carboxylic acids is 1. The molecule has 172 valence electrons. The van der Waals surface area contributed by atoms with Gasteiger partial charge in [0.2, 0.25) is 5.13 Å². The summed E-state index contributed by atoms with van der Waals surface area (Å²) in [6.07, 6.45) is 0.678. The second-order valence-electron chi connectivity index (χ2n) is 7.69. The Hall–Kier alpha value is -3.08. The van der Waals surface area contributed by atoms with Gasteiger partial charge in [-0.3, -0.25) is 19.8 Å². The number of non-ortho nitro benzene ring substituents is 1. The molecule has 1 fully saturated rings. The van der Waals surface area contributed by atoms with Crippen molar-refractivity contribution in [3.63, 3.8) is 0 Å². The molecule has 0 spiro atoms. The average Bonchev–Trinajstić information content (AvgIpc) is 3.29. The third-order valence-electron chi connectivity index (χ3n) is 5.41. The summed E-state index contributed by atoms with van der Waals surface area (Å²) >= 11 is 7.36. The highest BCUT2D eigenvalue weighted by molar-refractivity contribution is 7.09. The van der Waals surface area contributed by atoms with E-state index in [4.69, 9.17) is 16.6 Å². The lowest BCUT2D eigenvalue weighted by atomic mass is 10.1. The zero-order chi connectivity index (χ0) is 23.2. The molecule has 33 heavy (non-hydrogen) atoms. The highest BCUT2D eigenvalue weighted by Crippen LogP contribution is 2.21. The lowest BCUT2D eigenvalue weighted by molar-refractivity contribution is -0.384. The van der Waals surface area contributed by atoms with Gasteiger partial charge >= 0.3 is 0 Å². The molecule has 1 aliphatic heterocycles. The minimum atomic E-state index is -0.505. The molecular formula is C22H23ClN6O3S. The number of piperazine rings is 1. The maximum atomic E-state index is 12.3. The fourth-order valence-corrected chi connectivity index (χ4v) is 4.45. The van der Waals surface area contributed by atoms with Crippen molar-refractivity contribution < 1.29 is 9.72 Å². The number of nitrogens with zero attached hydrogens (tertiary/aromatic N) is 5. The highest BCUT2D eigenvalue weighted by Gasteiger charge is 2.20. The summed E-state index contributed by atoms with van der Waals surface area (Å²) < 4.78 is 4.50. The largest absolute Gasteiger partial charge is 0.351 e. The molecule has 1 amide bonds. The van der Waals surface area contributed by atoms with E-state index in [1.165, 1.54) is 29.7 Å². The number of hydrogen-bond acceptors (Lipinski definition) is 8. The van der Waals surface area contributed by atoms with Gasteiger partial charge < -0.3 is 10.2 Å². The molecule has 1 aromatic heterocycles. The van der Waals surface area contributed by atoms with E-state index in [9.17, 15) is 14.9 Å². The number of aromatic nitrogens is 2. The third kappa shape index (κ3) is 6.25. The van der Waals surface area contributed by atoms with E-state index in [2.05, 4.69) is 19.5 Å². The summed E-state index contributed by atoms with van der Waals surface area (Å²) in [5.41, 5.74) is 1.33. The Morgan fingerprint density at radius 3 is 2.64 bits per heavy atom. The number of nitrogens with one attached hydrogen (secondary N) is 1. The van der Waals surface area contributed by atoms with Gasteiger partial charge in [0, 0.05) is 79.9 Å². The first-order valence-corrected chi connectivity index (χ1v) is 11.7. The molecule has 0 bridgehead atoms. The Bertz CT molecular complexity index is 1120. The Labute approximate surface area is 200 Å². The predicted molar refractivity (Wildman–Crippen MR) is 128 cm³/mol. The van der Waals surface area contributed by atoms with E-state index in [1.807, 2.05) is 24.3 Å². The second kappa shape index (κ2) is 10.7. The summed E-state index contributed by atoms with van der Waals surface area (Å²) in [5, 5.41) is 15.4. The Morgan fingerprint density at radius 1 is 1.15 bits per heavy atom. The Morgan fingerprint density at radius 2 is 1.91 bits per heavy atom. The van der Waals surface area contributed by atoms with Crippen molar-refractivity contribution in [3.05, 3.63) is 80.6 Å². The van der Waals surface area contributed by atoms with Gasteiger partial charge in [-0.25, -0.2) is 4.98 Å². The molecule has 3 aromatic rings. The topological polar surface area (TPSA) is 104 Å². The quantitative estimate of drug-likeness (QED) is 0.385. The minimum absolute atomic E-state index is 0.0910. The van der Waals surface area contributed by atoms with Gasteiger partial charge in [-0.1, -0.05) is 29.8 Å². The zero-order valence-corrected chi connectivity index (χ0v) is 19.4. The average molecular weight is 487 g/mol. The number of nitro groups is 1. The maximum Gasteiger partial charge on any atom is 0.270 e. The number of nitro benzene ring substituents is 1. The predicted octanol–water partition coefficient (Wildman–Crippen LogP) is 3.24. The molecule has 0 aliphatic carbocycles. The summed E-state index contributed by atoms with van der Waals surface area (Å²) in [7, 11) is 0. The van der Waals surface area contributed by atoms with Crippen LogP contribution < -0.4 is 10.2 Å².